The number of anilines is 1. The van der Waals surface area contributed by atoms with Gasteiger partial charge in [0.1, 0.15) is 6.04 Å². The second-order valence-electron chi connectivity index (χ2n) is 8.28. The van der Waals surface area contributed by atoms with Gasteiger partial charge in [0.25, 0.3) is 0 Å². The van der Waals surface area contributed by atoms with E-state index >= 15 is 0 Å². The number of carbonyl (C=O) groups excluding carboxylic acids is 2. The van der Waals surface area contributed by atoms with Crippen LogP contribution in [-0.2, 0) is 16.0 Å². The molecule has 4 rings (SSSR count). The van der Waals surface area contributed by atoms with Crippen LogP contribution in [-0.4, -0.2) is 42.0 Å². The van der Waals surface area contributed by atoms with Crippen molar-refractivity contribution >= 4 is 28.4 Å². The molecule has 2 amide bonds. The Kier molecular flexibility index (Phi) is 7.09. The van der Waals surface area contributed by atoms with Crippen molar-refractivity contribution in [1.29, 1.82) is 0 Å². The Morgan fingerprint density at radius 1 is 1.12 bits per heavy atom. The Morgan fingerprint density at radius 3 is 2.75 bits per heavy atom. The second-order valence-corrected chi connectivity index (χ2v) is 8.28. The van der Waals surface area contributed by atoms with Crippen LogP contribution in [0.15, 0.2) is 66.9 Å². The van der Waals surface area contributed by atoms with E-state index in [0.29, 0.717) is 31.5 Å². The Balaban J connectivity index is 1.46. The van der Waals surface area contributed by atoms with Gasteiger partial charge < -0.3 is 21.7 Å². The van der Waals surface area contributed by atoms with E-state index in [0.717, 1.165) is 23.0 Å². The molecule has 0 saturated carbocycles. The highest BCUT2D eigenvalue weighted by Crippen LogP contribution is 2.18. The first-order valence-electron chi connectivity index (χ1n) is 11.1. The molecule has 3 atom stereocenters. The minimum Gasteiger partial charge on any atom is -0.343 e. The Morgan fingerprint density at radius 2 is 1.97 bits per heavy atom. The molecule has 1 fully saturated rings. The lowest BCUT2D eigenvalue weighted by Gasteiger charge is -2.21. The van der Waals surface area contributed by atoms with Crippen LogP contribution in [0, 0.1) is 5.92 Å². The highest BCUT2D eigenvalue weighted by Gasteiger charge is 2.31. The van der Waals surface area contributed by atoms with E-state index in [9.17, 15) is 9.59 Å². The van der Waals surface area contributed by atoms with Crippen molar-refractivity contribution in [3.63, 3.8) is 0 Å². The molecule has 2 heterocycles. The van der Waals surface area contributed by atoms with Gasteiger partial charge in [0.15, 0.2) is 0 Å². The Labute approximate surface area is 187 Å². The maximum atomic E-state index is 13.2. The number of fused-ring (bicyclic) bond motifs is 1. The molecule has 0 spiro atoms. The van der Waals surface area contributed by atoms with Gasteiger partial charge in [0.05, 0.1) is 11.6 Å². The number of nitrogens with zero attached hydrogens (tertiary/aromatic N) is 1. The van der Waals surface area contributed by atoms with Gasteiger partial charge in [-0.3, -0.25) is 14.6 Å². The fourth-order valence-corrected chi connectivity index (χ4v) is 4.07. The largest absolute Gasteiger partial charge is 0.343 e. The van der Waals surface area contributed by atoms with E-state index in [2.05, 4.69) is 20.9 Å². The number of aryl methyl sites for hydroxylation is 1. The van der Waals surface area contributed by atoms with Crippen molar-refractivity contribution in [2.24, 2.45) is 11.7 Å². The quantitative estimate of drug-likeness (QED) is 0.437. The number of hydrogen-bond donors (Lipinski definition) is 4. The summed E-state index contributed by atoms with van der Waals surface area (Å²) in [5, 5.41) is 10.1. The first-order chi connectivity index (χ1) is 15.6. The molecular weight excluding hydrogens is 402 g/mol. The Hall–Kier alpha value is -3.29. The van der Waals surface area contributed by atoms with E-state index in [-0.39, 0.29) is 23.8 Å². The van der Waals surface area contributed by atoms with Crippen LogP contribution in [0.3, 0.4) is 0 Å². The topological polar surface area (TPSA) is 109 Å². The number of carbonyl (C=O) groups is 2. The van der Waals surface area contributed by atoms with Gasteiger partial charge in [-0.15, -0.1) is 0 Å². The molecule has 1 saturated heterocycles. The first-order valence-corrected chi connectivity index (χ1v) is 11.1. The molecule has 1 unspecified atom stereocenters. The molecule has 1 aliphatic rings. The number of amides is 2. The van der Waals surface area contributed by atoms with Crippen molar-refractivity contribution < 1.29 is 9.59 Å². The maximum absolute atomic E-state index is 13.2. The van der Waals surface area contributed by atoms with Gasteiger partial charge in [0.2, 0.25) is 11.8 Å². The zero-order valence-corrected chi connectivity index (χ0v) is 18.0. The summed E-state index contributed by atoms with van der Waals surface area (Å²) < 4.78 is 0. The van der Waals surface area contributed by atoms with E-state index in [4.69, 9.17) is 5.73 Å². The predicted molar refractivity (Wildman–Crippen MR) is 126 cm³/mol. The van der Waals surface area contributed by atoms with Gasteiger partial charge >= 0.3 is 0 Å². The summed E-state index contributed by atoms with van der Waals surface area (Å²) in [4.78, 5) is 30.3. The molecule has 0 aliphatic carbocycles. The summed E-state index contributed by atoms with van der Waals surface area (Å²) in [7, 11) is 0. The summed E-state index contributed by atoms with van der Waals surface area (Å²) >= 11 is 0. The van der Waals surface area contributed by atoms with Crippen LogP contribution in [0.25, 0.3) is 10.9 Å². The average Bonchev–Trinajstić information content (AvgIpc) is 3.32. The number of hydrogen-bond acceptors (Lipinski definition) is 5. The SMILES string of the molecule is NC[C@@H]1CNC(C(=O)N[C@H](CCc2ccccc2)C(=O)Nc2ccc3ncccc3c2)C1. The van der Waals surface area contributed by atoms with Crippen LogP contribution in [0.4, 0.5) is 5.69 Å². The molecule has 0 radical (unpaired) electrons. The van der Waals surface area contributed by atoms with Crippen LogP contribution in [0.1, 0.15) is 18.4 Å². The molecule has 7 nitrogen and oxygen atoms in total. The minimum atomic E-state index is -0.647. The lowest BCUT2D eigenvalue weighted by atomic mass is 10.0. The fraction of sp³-hybridized carbons (Fsp3) is 0.320. The molecule has 2 aromatic carbocycles. The van der Waals surface area contributed by atoms with Crippen molar-refractivity contribution in [3.05, 3.63) is 72.4 Å². The number of pyridine rings is 1. The van der Waals surface area contributed by atoms with Crippen LogP contribution in [0.5, 0.6) is 0 Å². The molecule has 32 heavy (non-hydrogen) atoms. The highest BCUT2D eigenvalue weighted by molar-refractivity contribution is 5.99. The average molecular weight is 432 g/mol. The molecule has 5 N–H and O–H groups in total. The summed E-state index contributed by atoms with van der Waals surface area (Å²) in [6, 6.07) is 18.4. The van der Waals surface area contributed by atoms with Gasteiger partial charge in [-0.2, -0.15) is 0 Å². The van der Waals surface area contributed by atoms with Crippen molar-refractivity contribution in [2.45, 2.75) is 31.3 Å². The molecular formula is C25H29N5O2. The fourth-order valence-electron chi connectivity index (χ4n) is 4.07. The predicted octanol–water partition coefficient (Wildman–Crippen LogP) is 2.23. The van der Waals surface area contributed by atoms with Crippen LogP contribution < -0.4 is 21.7 Å². The highest BCUT2D eigenvalue weighted by atomic mass is 16.2. The van der Waals surface area contributed by atoms with E-state index in [1.807, 2.05) is 60.7 Å². The van der Waals surface area contributed by atoms with Crippen molar-refractivity contribution in [3.8, 4) is 0 Å². The van der Waals surface area contributed by atoms with E-state index in [1.54, 1.807) is 6.20 Å². The van der Waals surface area contributed by atoms with E-state index in [1.165, 1.54) is 0 Å². The minimum absolute atomic E-state index is 0.156. The van der Waals surface area contributed by atoms with Crippen molar-refractivity contribution in [1.82, 2.24) is 15.6 Å². The number of nitrogens with two attached hydrogens (primary N) is 1. The maximum Gasteiger partial charge on any atom is 0.246 e. The molecule has 166 valence electrons. The van der Waals surface area contributed by atoms with Crippen LogP contribution >= 0.6 is 0 Å². The smallest absolute Gasteiger partial charge is 0.246 e. The summed E-state index contributed by atoms with van der Waals surface area (Å²) in [5.41, 5.74) is 8.41. The third-order valence-corrected chi connectivity index (χ3v) is 5.94. The number of benzene rings is 2. The van der Waals surface area contributed by atoms with Gasteiger partial charge in [-0.05, 0) is 68.1 Å². The lowest BCUT2D eigenvalue weighted by Crippen LogP contribution is -2.50. The molecule has 7 heteroatoms. The molecule has 0 bridgehead atoms. The zero-order valence-electron chi connectivity index (χ0n) is 18.0. The normalized spacial score (nSPS) is 18.9. The van der Waals surface area contributed by atoms with Crippen LogP contribution in [0.2, 0.25) is 0 Å². The molecule has 1 aromatic heterocycles. The number of nitrogens with one attached hydrogen (secondary N) is 3. The molecule has 1 aliphatic heterocycles. The standard InChI is InChI=1S/C25H29N5O2/c26-15-18-13-23(28-16-18)25(32)30-22(10-8-17-5-2-1-3-6-17)24(31)29-20-9-11-21-19(14-20)7-4-12-27-21/h1-7,9,11-12,14,18,22-23,28H,8,10,13,15-16,26H2,(H,29,31)(H,30,32)/t18-,22-,23?/m1/s1. The van der Waals surface area contributed by atoms with Gasteiger partial charge in [-0.1, -0.05) is 36.4 Å². The lowest BCUT2D eigenvalue weighted by molar-refractivity contribution is -0.127. The number of rotatable bonds is 8. The third-order valence-electron chi connectivity index (χ3n) is 5.94. The zero-order chi connectivity index (χ0) is 22.3. The summed E-state index contributed by atoms with van der Waals surface area (Å²) in [5.74, 6) is -0.101. The molecule has 3 aromatic rings. The first kappa shape index (κ1) is 21.9. The monoisotopic (exact) mass is 431 g/mol. The van der Waals surface area contributed by atoms with Gasteiger partial charge in [0, 0.05) is 17.3 Å². The second kappa shape index (κ2) is 10.3. The van der Waals surface area contributed by atoms with Crippen molar-refractivity contribution in [2.75, 3.05) is 18.4 Å². The Bertz CT molecular complexity index is 1070. The van der Waals surface area contributed by atoms with Gasteiger partial charge in [-0.25, -0.2) is 0 Å². The number of aromatic nitrogens is 1. The summed E-state index contributed by atoms with van der Waals surface area (Å²) in [6.45, 7) is 1.27. The third kappa shape index (κ3) is 5.49. The van der Waals surface area contributed by atoms with E-state index < -0.39 is 6.04 Å². The summed E-state index contributed by atoms with van der Waals surface area (Å²) in [6.07, 6.45) is 3.61.